The summed E-state index contributed by atoms with van der Waals surface area (Å²) in [6.45, 7) is 1.88. The molecule has 1 amide bonds. The third-order valence-corrected chi connectivity index (χ3v) is 7.59. The van der Waals surface area contributed by atoms with Crippen LogP contribution in [0.25, 0.3) is 0 Å². The number of rotatable bonds is 3. The molecule has 6 rings (SSSR count). The smallest absolute Gasteiger partial charge is 0.223 e. The molecular formula is C19H30N6O2. The Morgan fingerprint density at radius 2 is 1.96 bits per heavy atom. The van der Waals surface area contributed by atoms with Gasteiger partial charge in [-0.2, -0.15) is 4.80 Å². The molecular weight excluding hydrogens is 344 g/mol. The summed E-state index contributed by atoms with van der Waals surface area (Å²) in [5, 5.41) is 26.3. The number of aliphatic hydroxyl groups excluding tert-OH is 1. The van der Waals surface area contributed by atoms with E-state index in [0.717, 1.165) is 38.5 Å². The molecule has 0 radical (unpaired) electrons. The van der Waals surface area contributed by atoms with Crippen LogP contribution in [0.5, 0.6) is 0 Å². The van der Waals surface area contributed by atoms with Crippen molar-refractivity contribution in [3.8, 4) is 0 Å². The van der Waals surface area contributed by atoms with Crippen LogP contribution in [0.3, 0.4) is 0 Å². The van der Waals surface area contributed by atoms with E-state index in [-0.39, 0.29) is 28.9 Å². The number of carbonyl (C=O) groups excluding carboxylic acids is 1. The van der Waals surface area contributed by atoms with Crippen molar-refractivity contribution in [3.05, 3.63) is 5.82 Å². The topological polar surface area (TPSA) is 119 Å². The first-order valence-corrected chi connectivity index (χ1v) is 10.4. The Morgan fingerprint density at radius 3 is 2.59 bits per heavy atom. The number of nitrogens with zero attached hydrogens (tertiary/aromatic N) is 4. The van der Waals surface area contributed by atoms with Crippen LogP contribution in [0.15, 0.2) is 0 Å². The Morgan fingerprint density at radius 1 is 1.22 bits per heavy atom. The van der Waals surface area contributed by atoms with Crippen molar-refractivity contribution in [2.45, 2.75) is 87.9 Å². The third-order valence-electron chi connectivity index (χ3n) is 7.59. The summed E-state index contributed by atoms with van der Waals surface area (Å²) in [4.78, 5) is 14.9. The maximum absolute atomic E-state index is 13.1. The molecule has 4 N–H and O–H groups in total. The monoisotopic (exact) mass is 374 g/mol. The van der Waals surface area contributed by atoms with Crippen molar-refractivity contribution in [1.82, 2.24) is 25.5 Å². The van der Waals surface area contributed by atoms with Crippen LogP contribution in [-0.2, 0) is 10.3 Å². The highest BCUT2D eigenvalue weighted by Crippen LogP contribution is 2.60. The number of amides is 1. The molecule has 0 aromatic carbocycles. The summed E-state index contributed by atoms with van der Waals surface area (Å²) in [6, 6.07) is -0.292. The number of aliphatic hydroxyl groups is 1. The highest BCUT2D eigenvalue weighted by Gasteiger charge is 2.60. The minimum Gasteiger partial charge on any atom is -0.392 e. The Labute approximate surface area is 159 Å². The number of carbonyl (C=O) groups is 1. The van der Waals surface area contributed by atoms with E-state index >= 15 is 0 Å². The van der Waals surface area contributed by atoms with Crippen LogP contribution >= 0.6 is 0 Å². The van der Waals surface area contributed by atoms with Gasteiger partial charge < -0.3 is 16.2 Å². The van der Waals surface area contributed by atoms with Gasteiger partial charge in [0, 0.05) is 17.5 Å². The van der Waals surface area contributed by atoms with Crippen LogP contribution in [0, 0.1) is 24.7 Å². The lowest BCUT2D eigenvalue weighted by Gasteiger charge is -2.61. The predicted molar refractivity (Wildman–Crippen MR) is 97.4 cm³/mol. The molecule has 8 heteroatoms. The van der Waals surface area contributed by atoms with Crippen LogP contribution in [0.1, 0.15) is 63.6 Å². The SMILES string of the molecule is Cc1nnn(C23CC4CC(CC(NC(=O)[C@H]5CC[C@@H](O)[C@H](N)C5)(C4)C2)C3)n1. The number of aromatic nitrogens is 4. The molecule has 0 spiro atoms. The zero-order valence-electron chi connectivity index (χ0n) is 16.0. The van der Waals surface area contributed by atoms with E-state index in [1.807, 2.05) is 11.7 Å². The fourth-order valence-electron chi connectivity index (χ4n) is 6.87. The summed E-state index contributed by atoms with van der Waals surface area (Å²) in [6.07, 6.45) is 7.90. The molecule has 5 aliphatic rings. The van der Waals surface area contributed by atoms with Crippen molar-refractivity contribution in [2.75, 3.05) is 0 Å². The fraction of sp³-hybridized carbons (Fsp3) is 0.895. The van der Waals surface area contributed by atoms with E-state index in [4.69, 9.17) is 5.73 Å². The van der Waals surface area contributed by atoms with E-state index < -0.39 is 6.10 Å². The molecule has 0 aliphatic heterocycles. The third kappa shape index (κ3) is 2.88. The van der Waals surface area contributed by atoms with E-state index in [1.54, 1.807) is 0 Å². The molecule has 1 heterocycles. The van der Waals surface area contributed by atoms with Crippen molar-refractivity contribution in [3.63, 3.8) is 0 Å². The minimum absolute atomic E-state index is 0.0842. The summed E-state index contributed by atoms with van der Waals surface area (Å²) in [5.74, 6) is 1.98. The highest BCUT2D eigenvalue weighted by atomic mass is 16.3. The van der Waals surface area contributed by atoms with Crippen LogP contribution in [0.4, 0.5) is 0 Å². The average Bonchev–Trinajstić information content (AvgIpc) is 3.03. The first-order chi connectivity index (χ1) is 12.9. The minimum atomic E-state index is -0.474. The first-order valence-electron chi connectivity index (χ1n) is 10.4. The summed E-state index contributed by atoms with van der Waals surface area (Å²) < 4.78 is 0. The molecule has 27 heavy (non-hydrogen) atoms. The van der Waals surface area contributed by atoms with Crippen LogP contribution in [0.2, 0.25) is 0 Å². The second-order valence-corrected chi connectivity index (χ2v) is 9.82. The number of aryl methyl sites for hydroxylation is 1. The molecule has 4 bridgehead atoms. The Bertz CT molecular complexity index is 734. The van der Waals surface area contributed by atoms with Gasteiger partial charge in [0.1, 0.15) is 0 Å². The van der Waals surface area contributed by atoms with Gasteiger partial charge >= 0.3 is 0 Å². The molecule has 1 aromatic heterocycles. The largest absolute Gasteiger partial charge is 0.392 e. The molecule has 5 aliphatic carbocycles. The van der Waals surface area contributed by atoms with E-state index in [0.29, 0.717) is 30.5 Å². The van der Waals surface area contributed by atoms with Gasteiger partial charge in [-0.3, -0.25) is 4.79 Å². The van der Waals surface area contributed by atoms with Gasteiger partial charge in [0.2, 0.25) is 5.91 Å². The molecule has 5 saturated carbocycles. The van der Waals surface area contributed by atoms with Gasteiger partial charge in [0.15, 0.2) is 5.82 Å². The van der Waals surface area contributed by atoms with E-state index in [1.165, 1.54) is 6.42 Å². The van der Waals surface area contributed by atoms with Gasteiger partial charge in [-0.05, 0) is 81.8 Å². The maximum atomic E-state index is 13.1. The molecule has 148 valence electrons. The van der Waals surface area contributed by atoms with Crippen molar-refractivity contribution in [2.24, 2.45) is 23.5 Å². The van der Waals surface area contributed by atoms with Gasteiger partial charge in [-0.15, -0.1) is 10.2 Å². The van der Waals surface area contributed by atoms with Gasteiger partial charge in [-0.1, -0.05) is 0 Å². The lowest BCUT2D eigenvalue weighted by Crippen LogP contribution is -2.66. The van der Waals surface area contributed by atoms with E-state index in [9.17, 15) is 9.90 Å². The second-order valence-electron chi connectivity index (χ2n) is 9.82. The molecule has 2 unspecified atom stereocenters. The normalized spacial score (nSPS) is 45.8. The number of hydrogen-bond donors (Lipinski definition) is 3. The van der Waals surface area contributed by atoms with Crippen LogP contribution < -0.4 is 11.1 Å². The van der Waals surface area contributed by atoms with Gasteiger partial charge in [0.25, 0.3) is 0 Å². The van der Waals surface area contributed by atoms with E-state index in [2.05, 4.69) is 20.7 Å². The van der Waals surface area contributed by atoms with Gasteiger partial charge in [0.05, 0.1) is 11.6 Å². The molecule has 5 fully saturated rings. The number of tetrazole rings is 1. The highest BCUT2D eigenvalue weighted by molar-refractivity contribution is 5.79. The lowest BCUT2D eigenvalue weighted by molar-refractivity contribution is -0.136. The number of nitrogens with one attached hydrogen (secondary N) is 1. The number of nitrogens with two attached hydrogens (primary N) is 1. The summed E-state index contributed by atoms with van der Waals surface area (Å²) in [5.41, 5.74) is 5.76. The summed E-state index contributed by atoms with van der Waals surface area (Å²) >= 11 is 0. The second kappa shape index (κ2) is 5.98. The average molecular weight is 374 g/mol. The Kier molecular flexibility index (Phi) is 3.89. The molecule has 5 atom stereocenters. The quantitative estimate of drug-likeness (QED) is 0.714. The van der Waals surface area contributed by atoms with Gasteiger partial charge in [-0.25, -0.2) is 0 Å². The lowest BCUT2D eigenvalue weighted by atomic mass is 9.50. The number of hydrogen-bond acceptors (Lipinski definition) is 6. The van der Waals surface area contributed by atoms with Crippen LogP contribution in [-0.4, -0.2) is 48.9 Å². The zero-order valence-corrected chi connectivity index (χ0v) is 16.0. The fourth-order valence-corrected chi connectivity index (χ4v) is 6.87. The summed E-state index contributed by atoms with van der Waals surface area (Å²) in [7, 11) is 0. The van der Waals surface area contributed by atoms with Crippen molar-refractivity contribution >= 4 is 5.91 Å². The van der Waals surface area contributed by atoms with Crippen molar-refractivity contribution in [1.29, 1.82) is 0 Å². The first kappa shape index (κ1) is 17.6. The Hall–Kier alpha value is -1.54. The predicted octanol–water partition coefficient (Wildman–Crippen LogP) is 0.634. The molecule has 1 aromatic rings. The maximum Gasteiger partial charge on any atom is 0.223 e. The zero-order chi connectivity index (χ0) is 18.8. The molecule has 8 nitrogen and oxygen atoms in total. The van der Waals surface area contributed by atoms with Crippen molar-refractivity contribution < 1.29 is 9.90 Å². The molecule has 0 saturated heterocycles. The Balaban J connectivity index is 1.37. The standard InChI is InChI=1S/C19H30N6O2/c1-11-22-24-25(23-11)19-8-12-4-13(9-19)7-18(6-12,10-19)21-17(27)14-2-3-16(26)15(20)5-14/h12-16,26H,2-10,20H2,1H3,(H,21,27)/t12?,13?,14-,15+,16+,18?,19?/m0/s1.